The lowest BCUT2D eigenvalue weighted by molar-refractivity contribution is 0.0877. The maximum atomic E-state index is 10.1. The highest BCUT2D eigenvalue weighted by molar-refractivity contribution is 5.00. The number of allylic oxidation sites excluding steroid dienone is 2. The number of aliphatic hydroxyl groups is 1. The Morgan fingerprint density at radius 2 is 2.00 bits per heavy atom. The average Bonchev–Trinajstić information content (AvgIpc) is 2.23. The molecule has 0 saturated heterocycles. The Balaban J connectivity index is 2.66. The van der Waals surface area contributed by atoms with Gasteiger partial charge in [-0.25, -0.2) is 0 Å². The molecule has 1 aliphatic carbocycles. The first-order chi connectivity index (χ1) is 7.41. The van der Waals surface area contributed by atoms with E-state index >= 15 is 0 Å². The molecule has 0 saturated carbocycles. The largest absolute Gasteiger partial charge is 0.393 e. The number of rotatable bonds is 0. The fourth-order valence-corrected chi connectivity index (χ4v) is 2.37. The normalized spacial score (nSPS) is 35.9. The Morgan fingerprint density at radius 1 is 1.31 bits per heavy atom. The summed E-state index contributed by atoms with van der Waals surface area (Å²) in [5.41, 5.74) is 1.86. The minimum absolute atomic E-state index is 0.0994. The van der Waals surface area contributed by atoms with Crippen molar-refractivity contribution < 1.29 is 5.11 Å². The summed E-state index contributed by atoms with van der Waals surface area (Å²) >= 11 is 0. The second-order valence-corrected chi connectivity index (χ2v) is 6.39. The van der Waals surface area contributed by atoms with Crippen LogP contribution in [0, 0.1) is 11.3 Å². The predicted molar refractivity (Wildman–Crippen MR) is 70.4 cm³/mol. The van der Waals surface area contributed by atoms with E-state index in [0.29, 0.717) is 11.3 Å². The van der Waals surface area contributed by atoms with Crippen molar-refractivity contribution in [2.75, 3.05) is 0 Å². The van der Waals surface area contributed by atoms with Gasteiger partial charge in [0.25, 0.3) is 0 Å². The van der Waals surface area contributed by atoms with Crippen LogP contribution < -0.4 is 0 Å². The van der Waals surface area contributed by atoms with Gasteiger partial charge in [0.15, 0.2) is 0 Å². The van der Waals surface area contributed by atoms with Crippen LogP contribution in [0.4, 0.5) is 0 Å². The first-order valence-electron chi connectivity index (χ1n) is 6.74. The van der Waals surface area contributed by atoms with Gasteiger partial charge in [0.05, 0.1) is 6.10 Å². The van der Waals surface area contributed by atoms with Gasteiger partial charge in [0.2, 0.25) is 0 Å². The highest BCUT2D eigenvalue weighted by Gasteiger charge is 2.21. The van der Waals surface area contributed by atoms with Crippen LogP contribution in [0.1, 0.15) is 66.2 Å². The zero-order valence-electron chi connectivity index (χ0n) is 11.4. The van der Waals surface area contributed by atoms with Gasteiger partial charge in [-0.2, -0.15) is 0 Å². The van der Waals surface area contributed by atoms with Gasteiger partial charge in [-0.05, 0) is 56.8 Å². The van der Waals surface area contributed by atoms with Crippen molar-refractivity contribution in [3.63, 3.8) is 0 Å². The Kier molecular flexibility index (Phi) is 5.04. The van der Waals surface area contributed by atoms with Crippen LogP contribution in [0.5, 0.6) is 0 Å². The molecule has 0 aromatic carbocycles. The lowest BCUT2D eigenvalue weighted by Gasteiger charge is -2.26. The summed E-state index contributed by atoms with van der Waals surface area (Å²) in [7, 11) is 0. The molecule has 1 rings (SSSR count). The predicted octanol–water partition coefficient (Wildman–Crippen LogP) is 4.31. The van der Waals surface area contributed by atoms with Crippen LogP contribution in [-0.4, -0.2) is 11.2 Å². The molecule has 0 heterocycles. The summed E-state index contributed by atoms with van der Waals surface area (Å²) in [6, 6.07) is 0. The highest BCUT2D eigenvalue weighted by atomic mass is 16.3. The molecule has 0 aromatic heterocycles. The molecule has 2 atom stereocenters. The summed E-state index contributed by atoms with van der Waals surface area (Å²) in [6.45, 7) is 9.06. The molecule has 16 heavy (non-hydrogen) atoms. The Labute approximate surface area is 101 Å². The summed E-state index contributed by atoms with van der Waals surface area (Å²) in [4.78, 5) is 0. The molecule has 0 unspecified atom stereocenters. The maximum absolute atomic E-state index is 10.1. The number of aliphatic hydroxyl groups excluding tert-OH is 1. The van der Waals surface area contributed by atoms with Crippen LogP contribution in [0.25, 0.3) is 0 Å². The average molecular weight is 224 g/mol. The molecule has 0 spiro atoms. The topological polar surface area (TPSA) is 20.2 Å². The number of hydrogen-bond donors (Lipinski definition) is 1. The molecule has 0 radical (unpaired) electrons. The van der Waals surface area contributed by atoms with E-state index in [1.807, 2.05) is 0 Å². The molecule has 1 heteroatoms. The van der Waals surface area contributed by atoms with E-state index in [0.717, 1.165) is 25.7 Å². The molecule has 94 valence electrons. The van der Waals surface area contributed by atoms with Gasteiger partial charge in [-0.3, -0.25) is 0 Å². The number of hydrogen-bond acceptors (Lipinski definition) is 1. The van der Waals surface area contributed by atoms with Crippen molar-refractivity contribution in [3.8, 4) is 0 Å². The molecule has 1 nitrogen and oxygen atoms in total. The smallest absolute Gasteiger partial charge is 0.0566 e. The van der Waals surface area contributed by atoms with E-state index in [1.165, 1.54) is 18.4 Å². The van der Waals surface area contributed by atoms with E-state index in [9.17, 15) is 5.11 Å². The van der Waals surface area contributed by atoms with Crippen molar-refractivity contribution in [1.29, 1.82) is 0 Å². The minimum atomic E-state index is -0.0994. The summed E-state index contributed by atoms with van der Waals surface area (Å²) in [5.74, 6) is 0.460. The summed E-state index contributed by atoms with van der Waals surface area (Å²) in [6.07, 6.45) is 9.13. The van der Waals surface area contributed by atoms with E-state index in [2.05, 4.69) is 33.8 Å². The molecule has 0 amide bonds. The molecule has 1 aliphatic rings. The van der Waals surface area contributed by atoms with E-state index in [4.69, 9.17) is 0 Å². The lowest BCUT2D eigenvalue weighted by atomic mass is 9.82. The second kappa shape index (κ2) is 5.86. The first-order valence-corrected chi connectivity index (χ1v) is 6.74. The Morgan fingerprint density at radius 3 is 2.69 bits per heavy atom. The molecule has 0 aliphatic heterocycles. The van der Waals surface area contributed by atoms with Gasteiger partial charge in [-0.1, -0.05) is 32.4 Å². The van der Waals surface area contributed by atoms with Gasteiger partial charge in [-0.15, -0.1) is 0 Å². The molecule has 0 aromatic rings. The first kappa shape index (κ1) is 13.8. The van der Waals surface area contributed by atoms with E-state index < -0.39 is 0 Å². The Hall–Kier alpha value is -0.300. The molecular weight excluding hydrogens is 196 g/mol. The zero-order chi connectivity index (χ0) is 12.2. The van der Waals surface area contributed by atoms with Crippen LogP contribution in [0.3, 0.4) is 0 Å². The monoisotopic (exact) mass is 224 g/mol. The fourth-order valence-electron chi connectivity index (χ4n) is 2.37. The van der Waals surface area contributed by atoms with Crippen LogP contribution >= 0.6 is 0 Å². The standard InChI is InChI=1S/C15H28O/c1-12-6-5-7-13(2)14(16)9-11-15(3,4)10-8-12/h8,13-14,16H,5-7,9-11H2,1-4H3/b12-8-/t13-,14-/m1/s1. The summed E-state index contributed by atoms with van der Waals surface area (Å²) in [5, 5.41) is 10.1. The fraction of sp³-hybridized carbons (Fsp3) is 0.867. The van der Waals surface area contributed by atoms with Gasteiger partial charge in [0, 0.05) is 0 Å². The third-order valence-electron chi connectivity index (χ3n) is 4.01. The minimum Gasteiger partial charge on any atom is -0.393 e. The van der Waals surface area contributed by atoms with Crippen molar-refractivity contribution in [2.45, 2.75) is 72.3 Å². The van der Waals surface area contributed by atoms with E-state index in [1.54, 1.807) is 0 Å². The molecule has 0 bridgehead atoms. The Bertz CT molecular complexity index is 240. The lowest BCUT2D eigenvalue weighted by Crippen LogP contribution is -2.21. The van der Waals surface area contributed by atoms with Crippen molar-refractivity contribution >= 4 is 0 Å². The van der Waals surface area contributed by atoms with Gasteiger partial charge < -0.3 is 5.11 Å². The third-order valence-corrected chi connectivity index (χ3v) is 4.01. The molecular formula is C15H28O. The second-order valence-electron chi connectivity index (χ2n) is 6.39. The van der Waals surface area contributed by atoms with Gasteiger partial charge in [0.1, 0.15) is 0 Å². The molecule has 0 fully saturated rings. The molecule has 1 N–H and O–H groups in total. The van der Waals surface area contributed by atoms with Crippen LogP contribution in [0.2, 0.25) is 0 Å². The quantitative estimate of drug-likeness (QED) is 0.608. The maximum Gasteiger partial charge on any atom is 0.0566 e. The third kappa shape index (κ3) is 4.69. The zero-order valence-corrected chi connectivity index (χ0v) is 11.4. The van der Waals surface area contributed by atoms with Gasteiger partial charge >= 0.3 is 0 Å². The van der Waals surface area contributed by atoms with Crippen LogP contribution in [-0.2, 0) is 0 Å². The van der Waals surface area contributed by atoms with E-state index in [-0.39, 0.29) is 6.10 Å². The van der Waals surface area contributed by atoms with Crippen molar-refractivity contribution in [1.82, 2.24) is 0 Å². The summed E-state index contributed by atoms with van der Waals surface area (Å²) < 4.78 is 0. The highest BCUT2D eigenvalue weighted by Crippen LogP contribution is 2.31. The van der Waals surface area contributed by atoms with Crippen LogP contribution in [0.15, 0.2) is 11.6 Å². The van der Waals surface area contributed by atoms with Crippen molar-refractivity contribution in [2.24, 2.45) is 11.3 Å². The van der Waals surface area contributed by atoms with Crippen molar-refractivity contribution in [3.05, 3.63) is 11.6 Å². The SMILES string of the molecule is C/C1=C/CC(C)(C)CC[C@@H](O)[C@H](C)CCC1.